The van der Waals surface area contributed by atoms with E-state index in [1.54, 1.807) is 6.92 Å². The summed E-state index contributed by atoms with van der Waals surface area (Å²) in [7, 11) is 0. The largest absolute Gasteiger partial charge is 1.00 e. The van der Waals surface area contributed by atoms with Crippen LogP contribution in [0.5, 0.6) is 0 Å². The second-order valence-corrected chi connectivity index (χ2v) is 6.74. The number of carboxylic acid groups (broad SMARTS) is 5. The van der Waals surface area contributed by atoms with Gasteiger partial charge in [0.15, 0.2) is 0 Å². The van der Waals surface area contributed by atoms with Gasteiger partial charge in [0, 0.05) is 11.5 Å². The molecule has 0 heterocycles. The van der Waals surface area contributed by atoms with Gasteiger partial charge in [-0.3, -0.25) is 0 Å². The molecule has 0 aromatic carbocycles. The van der Waals surface area contributed by atoms with Crippen molar-refractivity contribution in [3.8, 4) is 0 Å². The average molecular weight is 550 g/mol. The molecule has 0 N–H and O–H groups in total. The number of rotatable bonds is 15. The zero-order valence-corrected chi connectivity index (χ0v) is 32.3. The van der Waals surface area contributed by atoms with Crippen molar-refractivity contribution in [3.05, 3.63) is 34.4 Å². The van der Waals surface area contributed by atoms with Crippen LogP contribution in [0.2, 0.25) is 0 Å². The monoisotopic (exact) mass is 550 g/mol. The van der Waals surface area contributed by atoms with Crippen LogP contribution < -0.4 is 173 Å². The Balaban J connectivity index is -0.000000450. The molecular formula is C21H23Na5O10. The van der Waals surface area contributed by atoms with E-state index in [9.17, 15) is 49.5 Å². The first-order valence-corrected chi connectivity index (χ1v) is 9.62. The molecule has 0 aliphatic rings. The quantitative estimate of drug-likeness (QED) is 0.107. The van der Waals surface area contributed by atoms with Gasteiger partial charge in [0.25, 0.3) is 0 Å². The summed E-state index contributed by atoms with van der Waals surface area (Å²) in [6.45, 7) is 3.37. The maximum absolute atomic E-state index is 11.6. The van der Waals surface area contributed by atoms with Crippen LogP contribution in [-0.4, -0.2) is 29.8 Å². The minimum absolute atomic E-state index is 0. The van der Waals surface area contributed by atoms with Crippen LogP contribution in [0.1, 0.15) is 58.8 Å². The summed E-state index contributed by atoms with van der Waals surface area (Å²) >= 11 is 0. The number of carbonyl (C=O) groups is 5. The molecule has 172 valence electrons. The van der Waals surface area contributed by atoms with Crippen LogP contribution in [0.15, 0.2) is 34.4 Å². The van der Waals surface area contributed by atoms with Crippen molar-refractivity contribution in [1.29, 1.82) is 0 Å². The van der Waals surface area contributed by atoms with Crippen LogP contribution in [0.3, 0.4) is 0 Å². The third kappa shape index (κ3) is 20.5. The Morgan fingerprint density at radius 2 is 1.08 bits per heavy atom. The molecule has 15 heteroatoms. The maximum atomic E-state index is 11.6. The average Bonchev–Trinajstić information content (AvgIpc) is 2.66. The summed E-state index contributed by atoms with van der Waals surface area (Å²) in [6.07, 6.45) is 1.32. The van der Waals surface area contributed by atoms with Gasteiger partial charge >= 0.3 is 148 Å². The van der Waals surface area contributed by atoms with E-state index in [1.165, 1.54) is 6.08 Å². The van der Waals surface area contributed by atoms with Crippen molar-refractivity contribution < 1.29 is 197 Å². The molecule has 0 rings (SSSR count). The summed E-state index contributed by atoms with van der Waals surface area (Å²) in [5, 5.41) is 56.4. The molecule has 0 aliphatic heterocycles. The Morgan fingerprint density at radius 1 is 0.639 bits per heavy atom. The van der Waals surface area contributed by atoms with Gasteiger partial charge in [-0.15, -0.1) is 0 Å². The van der Waals surface area contributed by atoms with E-state index < -0.39 is 83.7 Å². The van der Waals surface area contributed by atoms with Gasteiger partial charge in [0.05, 0.1) is 23.9 Å². The molecule has 0 saturated heterocycles. The summed E-state index contributed by atoms with van der Waals surface area (Å²) in [6, 6.07) is 0. The van der Waals surface area contributed by atoms with Crippen LogP contribution in [0.25, 0.3) is 0 Å². The second kappa shape index (κ2) is 28.1. The van der Waals surface area contributed by atoms with Gasteiger partial charge < -0.3 is 49.5 Å². The fraction of sp³-hybridized carbons (Fsp3) is 0.476. The molecule has 0 radical (unpaired) electrons. The number of carbonyl (C=O) groups excluding carboxylic acids is 5. The number of allylic oxidation sites excluding steroid dienone is 1. The molecule has 0 spiro atoms. The van der Waals surface area contributed by atoms with E-state index in [2.05, 4.69) is 0 Å². The number of carboxylic acids is 5. The first-order valence-electron chi connectivity index (χ1n) is 9.62. The number of unbranched alkanes of at least 4 members (excludes halogenated alkanes) is 1. The van der Waals surface area contributed by atoms with E-state index in [-0.39, 0.29) is 154 Å². The Hall–Kier alpha value is 1.57. The number of hydrogen-bond acceptors (Lipinski definition) is 10. The molecule has 1 unspecified atom stereocenters. The Morgan fingerprint density at radius 3 is 1.42 bits per heavy atom. The normalized spacial score (nSPS) is 11.9. The minimum atomic E-state index is -1.91. The topological polar surface area (TPSA) is 201 Å². The molecule has 1 atom stereocenters. The second-order valence-electron chi connectivity index (χ2n) is 6.74. The van der Waals surface area contributed by atoms with Crippen LogP contribution in [0.4, 0.5) is 0 Å². The Labute approximate surface area is 321 Å². The molecule has 10 nitrogen and oxygen atoms in total. The molecule has 0 aromatic heterocycles. The molecule has 36 heavy (non-hydrogen) atoms. The number of aliphatic carboxylic acids is 5. The summed E-state index contributed by atoms with van der Waals surface area (Å²) in [4.78, 5) is 56.4. The van der Waals surface area contributed by atoms with Gasteiger partial charge in [-0.1, -0.05) is 38.8 Å². The summed E-state index contributed by atoms with van der Waals surface area (Å²) < 4.78 is 0. The van der Waals surface area contributed by atoms with Crippen molar-refractivity contribution >= 4 is 29.8 Å². The third-order valence-corrected chi connectivity index (χ3v) is 4.53. The van der Waals surface area contributed by atoms with E-state index in [1.807, 2.05) is 6.92 Å². The predicted octanol–water partition coefficient (Wildman–Crippen LogP) is -18.7. The fourth-order valence-electron chi connectivity index (χ4n) is 2.83. The van der Waals surface area contributed by atoms with E-state index >= 15 is 0 Å². The maximum Gasteiger partial charge on any atom is 1.00 e. The van der Waals surface area contributed by atoms with E-state index in [0.29, 0.717) is 12.8 Å². The van der Waals surface area contributed by atoms with Crippen LogP contribution in [-0.2, 0) is 24.0 Å². The standard InChI is InChI=1S/C21H28O10.5Na/c1-3-5-6-7-13(18(24)25)15(20(28)29)10-12(4-2)11-16(21(30)31)14(19(26)27)8-9-17(22)23;;;;;/h6-7,12H,3-5,8-11H2,1-2H3,(H,22,23)(H,24,25)(H,26,27)(H,28,29)(H,30,31);;;;;/q;5*+1/p-5/b7-6+,15-13-,16-14-;;;;;. The van der Waals surface area contributed by atoms with Crippen molar-refractivity contribution in [3.63, 3.8) is 0 Å². The summed E-state index contributed by atoms with van der Waals surface area (Å²) in [5.74, 6) is -9.81. The molecule has 0 bridgehead atoms. The zero-order valence-electron chi connectivity index (χ0n) is 22.3. The number of hydrogen-bond donors (Lipinski definition) is 0. The predicted molar refractivity (Wildman–Crippen MR) is 95.4 cm³/mol. The van der Waals surface area contributed by atoms with E-state index in [4.69, 9.17) is 0 Å². The molecule has 0 aromatic rings. The van der Waals surface area contributed by atoms with Crippen molar-refractivity contribution in [2.24, 2.45) is 5.92 Å². The molecule has 0 amide bonds. The van der Waals surface area contributed by atoms with Gasteiger partial charge in [-0.25, -0.2) is 0 Å². The molecular weight excluding hydrogens is 527 g/mol. The summed E-state index contributed by atoms with van der Waals surface area (Å²) in [5.41, 5.74) is -2.85. The smallest absolute Gasteiger partial charge is 0.550 e. The minimum Gasteiger partial charge on any atom is -0.550 e. The molecule has 0 aliphatic carbocycles. The molecule has 0 fully saturated rings. The van der Waals surface area contributed by atoms with Gasteiger partial charge in [-0.2, -0.15) is 0 Å². The van der Waals surface area contributed by atoms with Gasteiger partial charge in [0.2, 0.25) is 0 Å². The van der Waals surface area contributed by atoms with Crippen LogP contribution >= 0.6 is 0 Å². The van der Waals surface area contributed by atoms with Crippen LogP contribution in [0, 0.1) is 5.92 Å². The molecule has 0 saturated carbocycles. The van der Waals surface area contributed by atoms with Crippen molar-refractivity contribution in [2.45, 2.75) is 58.8 Å². The Kier molecular flexibility index (Phi) is 39.4. The van der Waals surface area contributed by atoms with E-state index in [0.717, 1.165) is 6.08 Å². The van der Waals surface area contributed by atoms with Gasteiger partial charge in [0.1, 0.15) is 0 Å². The zero-order chi connectivity index (χ0) is 24.1. The third-order valence-electron chi connectivity index (χ3n) is 4.53. The SMILES string of the molecule is CCC/C=C/C(C(=O)[O-])=C(\CC(CC)C/C(C(=O)[O-])=C(\CCC(=O)[O-])C(=O)[O-])C(=O)[O-].[Na+].[Na+].[Na+].[Na+].[Na+]. The first kappa shape index (κ1) is 50.4. The first-order chi connectivity index (χ1) is 14.5. The fourth-order valence-corrected chi connectivity index (χ4v) is 2.83. The van der Waals surface area contributed by atoms with Crippen molar-refractivity contribution in [2.75, 3.05) is 0 Å². The van der Waals surface area contributed by atoms with Crippen molar-refractivity contribution in [1.82, 2.24) is 0 Å². The Bertz CT molecular complexity index is 822. The van der Waals surface area contributed by atoms with Gasteiger partial charge in [-0.05, 0) is 54.7 Å².